The molecule has 67 heavy (non-hydrogen) atoms. The number of fused-ring (bicyclic) bond motifs is 2. The Morgan fingerprint density at radius 3 is 2.51 bits per heavy atom. The number of amides is 1. The lowest BCUT2D eigenvalue weighted by Gasteiger charge is -2.39. The molecule has 0 saturated carbocycles. The van der Waals surface area contributed by atoms with Gasteiger partial charge in [0.05, 0.1) is 33.8 Å². The number of hydrogen-bond donors (Lipinski definition) is 5. The Kier molecular flexibility index (Phi) is 14.0. The van der Waals surface area contributed by atoms with Crippen molar-refractivity contribution in [2.75, 3.05) is 93.8 Å². The Bertz CT molecular complexity index is 2860. The Balaban J connectivity index is 1.03. The molecule has 1 aliphatic carbocycles. The summed E-state index contributed by atoms with van der Waals surface area (Å²) in [5, 5.41) is 16.6. The lowest BCUT2D eigenvalue weighted by molar-refractivity contribution is -0.384. The molecule has 0 radical (unpaired) electrons. The van der Waals surface area contributed by atoms with Gasteiger partial charge in [0, 0.05) is 80.7 Å². The smallest absolute Gasteiger partial charge is 0.326 e. The third kappa shape index (κ3) is 11.4. The summed E-state index contributed by atoms with van der Waals surface area (Å²) in [6.07, 6.45) is 4.58. The molecule has 5 aromatic rings. The highest BCUT2D eigenvalue weighted by atomic mass is 35.5. The molecule has 8 rings (SSSR count). The van der Waals surface area contributed by atoms with Crippen LogP contribution in [-0.4, -0.2) is 128 Å². The van der Waals surface area contributed by atoms with Crippen LogP contribution >= 0.6 is 19.2 Å². The largest absolute Gasteiger partial charge is 0.474 e. The van der Waals surface area contributed by atoms with Gasteiger partial charge in [0.25, 0.3) is 21.6 Å². The minimum atomic E-state index is -4.64. The number of benzene rings is 3. The van der Waals surface area contributed by atoms with Gasteiger partial charge in [-0.2, -0.15) is 4.98 Å². The summed E-state index contributed by atoms with van der Waals surface area (Å²) in [7, 11) is -7.19. The summed E-state index contributed by atoms with van der Waals surface area (Å²) in [5.41, 5.74) is 6.36. The van der Waals surface area contributed by atoms with Gasteiger partial charge in [-0.15, -0.1) is 0 Å². The number of nitro groups is 1. The van der Waals surface area contributed by atoms with Gasteiger partial charge in [-0.1, -0.05) is 43.2 Å². The summed E-state index contributed by atoms with van der Waals surface area (Å²) >= 11 is 6.26. The molecular weight excluding hydrogens is 921 g/mol. The number of rotatable bonds is 16. The van der Waals surface area contributed by atoms with Crippen molar-refractivity contribution in [1.82, 2.24) is 24.5 Å². The van der Waals surface area contributed by atoms with Gasteiger partial charge in [0.2, 0.25) is 5.88 Å². The van der Waals surface area contributed by atoms with E-state index in [1.54, 1.807) is 24.2 Å². The number of carbonyl (C=O) groups excluding carboxylic acids is 1. The number of aromatic nitrogens is 2. The SMILES string of the molecule is CN(CCNc1ccc(S(=O)(=O)NC(=O)c2ccc(N3CCN(CC4=C(c5ccc(Cl)cc5)CC(C)(C)CC4)CC3)cc2N2CCOc3nc4[nH]ccc4cc32)cc1[N+](=O)[O-])CCP(=O)(O)O. The van der Waals surface area contributed by atoms with E-state index in [1.807, 2.05) is 41.3 Å². The van der Waals surface area contributed by atoms with E-state index >= 15 is 0 Å². The molecule has 18 nitrogen and oxygen atoms in total. The van der Waals surface area contributed by atoms with Gasteiger partial charge >= 0.3 is 7.60 Å². The van der Waals surface area contributed by atoms with E-state index in [9.17, 15) is 27.9 Å². The van der Waals surface area contributed by atoms with Gasteiger partial charge in [-0.05, 0) is 97.5 Å². The molecule has 0 unspecified atom stereocenters. The molecule has 0 bridgehead atoms. The van der Waals surface area contributed by atoms with Crippen LogP contribution < -0.4 is 24.6 Å². The minimum Gasteiger partial charge on any atom is -0.474 e. The number of allylic oxidation sites excluding steroid dienone is 1. The molecule has 2 aliphatic heterocycles. The second kappa shape index (κ2) is 19.6. The van der Waals surface area contributed by atoms with Gasteiger partial charge in [-0.25, -0.2) is 13.1 Å². The van der Waals surface area contributed by atoms with Crippen LogP contribution in [0.5, 0.6) is 5.88 Å². The summed E-state index contributed by atoms with van der Waals surface area (Å²) in [4.78, 5) is 59.6. The molecule has 3 aliphatic rings. The highest BCUT2D eigenvalue weighted by molar-refractivity contribution is 7.90. The van der Waals surface area contributed by atoms with E-state index < -0.39 is 39.0 Å². The average molecular weight is 976 g/mol. The van der Waals surface area contributed by atoms with E-state index in [0.29, 0.717) is 29.4 Å². The number of ether oxygens (including phenoxy) is 1. The number of nitrogens with one attached hydrogen (secondary N) is 3. The van der Waals surface area contributed by atoms with E-state index in [1.165, 1.54) is 28.8 Å². The Morgan fingerprint density at radius 2 is 1.78 bits per heavy atom. The first kappa shape index (κ1) is 47.9. The minimum absolute atomic E-state index is 0.0336. The molecule has 2 aromatic heterocycles. The predicted molar refractivity (Wildman–Crippen MR) is 260 cm³/mol. The molecule has 1 saturated heterocycles. The van der Waals surface area contributed by atoms with Crippen molar-refractivity contribution in [3.63, 3.8) is 0 Å². The highest BCUT2D eigenvalue weighted by Gasteiger charge is 2.32. The molecule has 1 fully saturated rings. The molecule has 21 heteroatoms. The van der Waals surface area contributed by atoms with E-state index in [2.05, 4.69) is 55.8 Å². The van der Waals surface area contributed by atoms with Crippen LogP contribution in [0.3, 0.4) is 0 Å². The Labute approximate surface area is 394 Å². The number of pyridine rings is 1. The summed E-state index contributed by atoms with van der Waals surface area (Å²) in [5.74, 6) is -0.579. The van der Waals surface area contributed by atoms with Crippen LogP contribution in [0.2, 0.25) is 5.02 Å². The number of hydrogen-bond acceptors (Lipinski definition) is 13. The van der Waals surface area contributed by atoms with Crippen molar-refractivity contribution >= 4 is 80.2 Å². The number of carbonyl (C=O) groups is 1. The van der Waals surface area contributed by atoms with E-state index in [4.69, 9.17) is 26.1 Å². The first-order valence-corrected chi connectivity index (χ1v) is 25.8. The first-order chi connectivity index (χ1) is 31.8. The van der Waals surface area contributed by atoms with Gasteiger partial charge in [0.15, 0.2) is 0 Å². The van der Waals surface area contributed by atoms with Crippen LogP contribution in [0.15, 0.2) is 89.5 Å². The zero-order valence-corrected chi connectivity index (χ0v) is 40.0. The normalized spacial score (nSPS) is 16.8. The van der Waals surface area contributed by atoms with Crippen molar-refractivity contribution in [1.29, 1.82) is 0 Å². The molecule has 1 amide bonds. The fraction of sp³-hybridized carbons (Fsp3) is 0.391. The van der Waals surface area contributed by atoms with E-state index in [-0.39, 0.29) is 49.1 Å². The highest BCUT2D eigenvalue weighted by Crippen LogP contribution is 2.44. The zero-order valence-electron chi connectivity index (χ0n) is 37.6. The number of halogens is 1. The predicted octanol–water partition coefficient (Wildman–Crippen LogP) is 7.08. The molecule has 0 spiro atoms. The fourth-order valence-electron chi connectivity index (χ4n) is 8.90. The maximum Gasteiger partial charge on any atom is 0.326 e. The number of aromatic amines is 1. The van der Waals surface area contributed by atoms with Crippen LogP contribution in [0.1, 0.15) is 49.0 Å². The summed E-state index contributed by atoms with van der Waals surface area (Å²) in [6, 6.07) is 20.6. The molecule has 4 heterocycles. The quantitative estimate of drug-likeness (QED) is 0.0378. The standard InChI is InChI=1S/C46H55ClN9O9PS/c1-46(2)14-12-33(38(29-46)31-4-6-34(47)7-5-31)30-53-18-20-54(21-19-53)35-8-10-37(40(27-35)55-22-24-65-45-42(55)26-32-13-15-49-43(32)50-45)44(57)51-67(63,64)36-9-11-39(41(28-36)56(58)59)48-16-17-52(3)23-25-66(60,61)62/h4-11,13,15,26-28,48H,12,14,16-25,29-30H2,1-3H3,(H,49,50)(H,51,57)(H2,60,61,62). The number of nitrogens with zero attached hydrogens (tertiary/aromatic N) is 6. The van der Waals surface area contributed by atoms with Crippen LogP contribution in [0, 0.1) is 15.5 Å². The molecule has 3 aromatic carbocycles. The van der Waals surface area contributed by atoms with Crippen molar-refractivity contribution in [3.8, 4) is 5.88 Å². The number of anilines is 4. The monoisotopic (exact) mass is 975 g/mol. The first-order valence-electron chi connectivity index (χ1n) is 22.1. The topological polar surface area (TPSA) is 227 Å². The third-order valence-electron chi connectivity index (χ3n) is 12.7. The molecule has 356 valence electrons. The third-order valence-corrected chi connectivity index (χ3v) is 15.0. The van der Waals surface area contributed by atoms with Crippen LogP contribution in [0.4, 0.5) is 28.4 Å². The average Bonchev–Trinajstić information content (AvgIpc) is 3.75. The number of H-pyrrole nitrogens is 1. The van der Waals surface area contributed by atoms with Gasteiger partial charge < -0.3 is 39.5 Å². The Hall–Kier alpha value is -5.53. The van der Waals surface area contributed by atoms with Gasteiger partial charge in [-0.3, -0.25) is 24.4 Å². The molecular formula is C46H55ClN9O9PS. The molecule has 0 atom stereocenters. The maximum atomic E-state index is 14.3. The Morgan fingerprint density at radius 1 is 1.01 bits per heavy atom. The van der Waals surface area contributed by atoms with Crippen LogP contribution in [-0.2, 0) is 14.6 Å². The van der Waals surface area contributed by atoms with E-state index in [0.717, 1.165) is 74.1 Å². The van der Waals surface area contributed by atoms with Crippen molar-refractivity contribution in [2.24, 2.45) is 5.41 Å². The molecule has 5 N–H and O–H groups in total. The number of sulfonamides is 1. The van der Waals surface area contributed by atoms with Crippen molar-refractivity contribution in [2.45, 2.75) is 38.0 Å². The fourth-order valence-corrected chi connectivity index (χ4v) is 10.6. The summed E-state index contributed by atoms with van der Waals surface area (Å²) < 4.78 is 47.2. The van der Waals surface area contributed by atoms with Crippen molar-refractivity contribution in [3.05, 3.63) is 111 Å². The second-order valence-electron chi connectivity index (χ2n) is 18.1. The number of piperazine rings is 1. The number of nitro benzene ring substituents is 1. The van der Waals surface area contributed by atoms with Gasteiger partial charge in [0.1, 0.15) is 23.6 Å². The van der Waals surface area contributed by atoms with Crippen LogP contribution in [0.25, 0.3) is 16.6 Å². The lowest BCUT2D eigenvalue weighted by atomic mass is 9.72. The maximum absolute atomic E-state index is 14.3. The number of likely N-dealkylation sites (N-methyl/N-ethyl adjacent to an activating group) is 1. The lowest BCUT2D eigenvalue weighted by Crippen LogP contribution is -2.47. The summed E-state index contributed by atoms with van der Waals surface area (Å²) in [6.45, 7) is 9.70. The zero-order chi connectivity index (χ0) is 47.7. The van der Waals surface area contributed by atoms with Crippen molar-refractivity contribution < 1.29 is 37.2 Å². The second-order valence-corrected chi connectivity index (χ2v) is 22.0.